The molecule has 2 fully saturated rings. The molecule has 12 heteroatoms. The molecule has 7 rings (SSSR count). The standard InChI is InChI=1S/C33H38ClN9O2/c1-41(33-36-18-26(34)31(39-33)38-21-9-13-27-19(15-21)16-29(44)42(27)2)23-10-6-20(7-11-23)37-22-8-12-24-28(17-22)43(3)40-30(24)25-5-4-14-35-32(25)45/h8-9,12-13,15,17-18,20,23,25,37H,4-7,10-11,14,16H2,1-3H3,(H,35,45)(H,36,38,39). The van der Waals surface area contributed by atoms with Crippen molar-refractivity contribution in [3.8, 4) is 0 Å². The van der Waals surface area contributed by atoms with Gasteiger partial charge in [-0.2, -0.15) is 10.1 Å². The summed E-state index contributed by atoms with van der Waals surface area (Å²) < 4.78 is 1.89. The molecule has 0 radical (unpaired) electrons. The van der Waals surface area contributed by atoms with E-state index in [4.69, 9.17) is 21.7 Å². The van der Waals surface area contributed by atoms with E-state index in [1.807, 2.05) is 37.0 Å². The van der Waals surface area contributed by atoms with E-state index in [-0.39, 0.29) is 17.7 Å². The van der Waals surface area contributed by atoms with Gasteiger partial charge in [0.25, 0.3) is 0 Å². The molecule has 2 aliphatic heterocycles. The van der Waals surface area contributed by atoms with Crippen LogP contribution < -0.4 is 25.8 Å². The number of likely N-dealkylation sites (N-methyl/N-ethyl adjacent to an activating group) is 1. The lowest BCUT2D eigenvalue weighted by atomic mass is 9.90. The van der Waals surface area contributed by atoms with Crippen LogP contribution in [0.4, 0.5) is 28.8 Å². The quantitative estimate of drug-likeness (QED) is 0.258. The second kappa shape index (κ2) is 11.8. The van der Waals surface area contributed by atoms with Crippen LogP contribution in [-0.4, -0.2) is 64.3 Å². The molecule has 2 aromatic heterocycles. The number of fused-ring (bicyclic) bond motifs is 2. The van der Waals surface area contributed by atoms with Gasteiger partial charge < -0.3 is 25.8 Å². The summed E-state index contributed by atoms with van der Waals surface area (Å²) in [7, 11) is 5.79. The van der Waals surface area contributed by atoms with Crippen molar-refractivity contribution < 1.29 is 9.59 Å². The first kappa shape index (κ1) is 29.3. The number of halogens is 1. The molecule has 4 heterocycles. The predicted octanol–water partition coefficient (Wildman–Crippen LogP) is 5.13. The van der Waals surface area contributed by atoms with E-state index < -0.39 is 0 Å². The third-order valence-electron chi connectivity index (χ3n) is 9.58. The number of nitrogens with one attached hydrogen (secondary N) is 3. The van der Waals surface area contributed by atoms with E-state index in [2.05, 4.69) is 44.0 Å². The number of hydrogen-bond acceptors (Lipinski definition) is 8. The molecule has 45 heavy (non-hydrogen) atoms. The van der Waals surface area contributed by atoms with Crippen LogP contribution >= 0.6 is 11.6 Å². The summed E-state index contributed by atoms with van der Waals surface area (Å²) in [4.78, 5) is 37.7. The van der Waals surface area contributed by atoms with Crippen molar-refractivity contribution in [1.82, 2.24) is 25.1 Å². The highest BCUT2D eigenvalue weighted by molar-refractivity contribution is 6.32. The fourth-order valence-corrected chi connectivity index (χ4v) is 7.11. The van der Waals surface area contributed by atoms with E-state index in [0.29, 0.717) is 35.3 Å². The predicted molar refractivity (Wildman–Crippen MR) is 178 cm³/mol. The van der Waals surface area contributed by atoms with Gasteiger partial charge in [-0.25, -0.2) is 4.98 Å². The largest absolute Gasteiger partial charge is 0.382 e. The molecule has 1 saturated heterocycles. The Morgan fingerprint density at radius 1 is 1.02 bits per heavy atom. The summed E-state index contributed by atoms with van der Waals surface area (Å²) in [6, 6.07) is 12.9. The molecule has 3 N–H and O–H groups in total. The lowest BCUT2D eigenvalue weighted by Crippen LogP contribution is -2.39. The lowest BCUT2D eigenvalue weighted by Gasteiger charge is -2.35. The van der Waals surface area contributed by atoms with Gasteiger partial charge in [-0.05, 0) is 80.5 Å². The molecular weight excluding hydrogens is 590 g/mol. The second-order valence-electron chi connectivity index (χ2n) is 12.5. The van der Waals surface area contributed by atoms with E-state index >= 15 is 0 Å². The minimum Gasteiger partial charge on any atom is -0.382 e. The normalized spacial score (nSPS) is 21.5. The summed E-state index contributed by atoms with van der Waals surface area (Å²) in [5.41, 5.74) is 5.73. The SMILES string of the molecule is CN1C(=O)Cc2cc(Nc3nc(N(C)C4CCC(Nc5ccc6c(C7CCCNC7=O)nn(C)c6c5)CC4)ncc3Cl)ccc21. The zero-order chi connectivity index (χ0) is 31.2. The van der Waals surface area contributed by atoms with Gasteiger partial charge in [-0.15, -0.1) is 0 Å². The summed E-state index contributed by atoms with van der Waals surface area (Å²) in [5, 5.41) is 16.3. The highest BCUT2D eigenvalue weighted by Gasteiger charge is 2.30. The van der Waals surface area contributed by atoms with Crippen molar-refractivity contribution in [3.05, 3.63) is 58.9 Å². The molecule has 1 saturated carbocycles. The molecule has 1 aliphatic carbocycles. The van der Waals surface area contributed by atoms with Crippen molar-refractivity contribution in [2.24, 2.45) is 7.05 Å². The number of amides is 2. The molecule has 1 unspecified atom stereocenters. The van der Waals surface area contributed by atoms with Crippen molar-refractivity contribution >= 4 is 63.1 Å². The average Bonchev–Trinajstić information content (AvgIpc) is 3.52. The molecule has 234 valence electrons. The Morgan fingerprint density at radius 3 is 2.62 bits per heavy atom. The van der Waals surface area contributed by atoms with E-state index in [9.17, 15) is 9.59 Å². The topological polar surface area (TPSA) is 120 Å². The van der Waals surface area contributed by atoms with Crippen molar-refractivity contribution in [3.63, 3.8) is 0 Å². The van der Waals surface area contributed by atoms with E-state index in [0.717, 1.165) is 84.3 Å². The van der Waals surface area contributed by atoms with Gasteiger partial charge in [0, 0.05) is 62.2 Å². The van der Waals surface area contributed by atoms with Crippen LogP contribution in [-0.2, 0) is 23.1 Å². The molecule has 11 nitrogen and oxygen atoms in total. The Balaban J connectivity index is 0.984. The van der Waals surface area contributed by atoms with Gasteiger partial charge >= 0.3 is 0 Å². The Kier molecular flexibility index (Phi) is 7.72. The second-order valence-corrected chi connectivity index (χ2v) is 12.9. The maximum Gasteiger partial charge on any atom is 0.231 e. The lowest BCUT2D eigenvalue weighted by molar-refractivity contribution is -0.124. The Hall–Kier alpha value is -4.38. The van der Waals surface area contributed by atoms with E-state index in [1.165, 1.54) is 0 Å². The molecule has 2 aromatic carbocycles. The minimum absolute atomic E-state index is 0.0765. The maximum atomic E-state index is 12.5. The fraction of sp³-hybridized carbons (Fsp3) is 0.424. The monoisotopic (exact) mass is 627 g/mol. The molecule has 1 atom stereocenters. The Bertz CT molecular complexity index is 1780. The Morgan fingerprint density at radius 2 is 1.82 bits per heavy atom. The summed E-state index contributed by atoms with van der Waals surface area (Å²) in [6.07, 6.45) is 7.90. The average molecular weight is 628 g/mol. The van der Waals surface area contributed by atoms with Crippen LogP contribution in [0.25, 0.3) is 10.9 Å². The smallest absolute Gasteiger partial charge is 0.231 e. The number of rotatable bonds is 7. The molecule has 2 amide bonds. The van der Waals surface area contributed by atoms with Crippen LogP contribution in [0.15, 0.2) is 42.6 Å². The molecule has 0 spiro atoms. The van der Waals surface area contributed by atoms with Crippen LogP contribution in [0.2, 0.25) is 5.02 Å². The summed E-state index contributed by atoms with van der Waals surface area (Å²) in [6.45, 7) is 0.746. The van der Waals surface area contributed by atoms with Crippen LogP contribution in [0.3, 0.4) is 0 Å². The number of piperidine rings is 1. The zero-order valence-corrected chi connectivity index (χ0v) is 26.6. The number of anilines is 5. The van der Waals surface area contributed by atoms with Crippen molar-refractivity contribution in [1.29, 1.82) is 0 Å². The third kappa shape index (κ3) is 5.65. The fourth-order valence-electron chi connectivity index (χ4n) is 6.97. The number of aryl methyl sites for hydroxylation is 1. The number of hydrogen-bond donors (Lipinski definition) is 3. The maximum absolute atomic E-state index is 12.5. The minimum atomic E-state index is -0.182. The number of nitrogens with zero attached hydrogens (tertiary/aromatic N) is 6. The number of carbonyl (C=O) groups is 2. The van der Waals surface area contributed by atoms with Crippen molar-refractivity contribution in [2.75, 3.05) is 41.1 Å². The molecular formula is C33H38ClN9O2. The first-order valence-corrected chi connectivity index (χ1v) is 16.1. The molecule has 3 aliphatic rings. The zero-order valence-electron chi connectivity index (χ0n) is 25.8. The van der Waals surface area contributed by atoms with Gasteiger partial charge in [0.15, 0.2) is 5.82 Å². The van der Waals surface area contributed by atoms with Crippen LogP contribution in [0.1, 0.15) is 55.7 Å². The van der Waals surface area contributed by atoms with Crippen molar-refractivity contribution in [2.45, 2.75) is 62.9 Å². The molecule has 4 aromatic rings. The summed E-state index contributed by atoms with van der Waals surface area (Å²) in [5.74, 6) is 1.15. The van der Waals surface area contributed by atoms with Gasteiger partial charge in [-0.3, -0.25) is 14.3 Å². The first-order chi connectivity index (χ1) is 21.7. The van der Waals surface area contributed by atoms with Gasteiger partial charge in [0.05, 0.1) is 29.7 Å². The summed E-state index contributed by atoms with van der Waals surface area (Å²) >= 11 is 6.49. The van der Waals surface area contributed by atoms with Gasteiger partial charge in [-0.1, -0.05) is 11.6 Å². The molecule has 0 bridgehead atoms. The van der Waals surface area contributed by atoms with Crippen LogP contribution in [0, 0.1) is 0 Å². The van der Waals surface area contributed by atoms with Crippen LogP contribution in [0.5, 0.6) is 0 Å². The number of benzene rings is 2. The van der Waals surface area contributed by atoms with Gasteiger partial charge in [0.2, 0.25) is 17.8 Å². The van der Waals surface area contributed by atoms with E-state index in [1.54, 1.807) is 18.1 Å². The number of aromatic nitrogens is 4. The van der Waals surface area contributed by atoms with Gasteiger partial charge in [0.1, 0.15) is 5.02 Å². The first-order valence-electron chi connectivity index (χ1n) is 15.7. The third-order valence-corrected chi connectivity index (χ3v) is 9.85. The highest BCUT2D eigenvalue weighted by atomic mass is 35.5. The number of carbonyl (C=O) groups excluding carboxylic acids is 2. The highest BCUT2D eigenvalue weighted by Crippen LogP contribution is 2.35. The Labute approximate surface area is 267 Å².